The molecule has 0 bridgehead atoms. The Balaban J connectivity index is 2.03. The van der Waals surface area contributed by atoms with Crippen LogP contribution in [0.4, 0.5) is 0 Å². The van der Waals surface area contributed by atoms with E-state index in [1.165, 1.54) is 340 Å². The Morgan fingerprint density at radius 2 is 0.670 bits per heavy atom. The molecule has 0 spiro atoms. The molecule has 1 heterocycles. The van der Waals surface area contributed by atoms with Crippen LogP contribution in [0.3, 0.4) is 0 Å². The second kappa shape index (κ2) is 68.3. The zero-order valence-electron chi connectivity index (χ0n) is 58.5. The SMILES string of the molecule is CCCCCCC/C=C\C/C=C\CCCCCCCCCCCCCCCCCCCCCCCCCCCCCCCC(=O)NC(COC1OC(CO)C(O)C(O)C1O)C(O)/C=C/CCCCCCCCCCCCCCCCCCCCCCCC. The van der Waals surface area contributed by atoms with Gasteiger partial charge in [-0.3, -0.25) is 4.79 Å². The van der Waals surface area contributed by atoms with Crippen LogP contribution in [0.1, 0.15) is 406 Å². The minimum absolute atomic E-state index is 0.167. The standard InChI is InChI=1S/C79H151NO8/c1-3-5-7-9-11-13-15-17-19-21-23-25-27-29-30-31-32-33-34-35-36-37-38-39-40-41-42-43-44-45-47-49-51-53-55-57-59-61-63-65-67-69-75(83)80-72(71-87-79-78(86)77(85)76(84)74(70-81)88-79)73(82)68-66-64-62-60-58-56-54-52-50-48-46-28-26-24-22-20-18-16-14-12-10-8-6-4-2/h15,17,21,23,66,68,72-74,76-79,81-82,84-86H,3-14,16,18-20,22,24-65,67,69-71H2,1-2H3,(H,80,83)/b17-15-,23-21-,68-66+. The number of ether oxygens (including phenoxy) is 2. The van der Waals surface area contributed by atoms with Gasteiger partial charge in [-0.2, -0.15) is 0 Å². The molecule has 0 saturated carbocycles. The van der Waals surface area contributed by atoms with Gasteiger partial charge in [0, 0.05) is 6.42 Å². The molecule has 7 atom stereocenters. The Labute approximate surface area is 546 Å². The normalized spacial score (nSPS) is 18.0. The van der Waals surface area contributed by atoms with Gasteiger partial charge in [-0.15, -0.1) is 0 Å². The fraction of sp³-hybridized carbons (Fsp3) is 0.911. The lowest BCUT2D eigenvalue weighted by molar-refractivity contribution is -0.302. The van der Waals surface area contributed by atoms with Crippen LogP contribution < -0.4 is 5.32 Å². The second-order valence-electron chi connectivity index (χ2n) is 27.5. The molecule has 0 aromatic carbocycles. The lowest BCUT2D eigenvalue weighted by atomic mass is 9.99. The number of carbonyl (C=O) groups is 1. The van der Waals surface area contributed by atoms with Crippen molar-refractivity contribution in [1.29, 1.82) is 0 Å². The predicted molar refractivity (Wildman–Crippen MR) is 378 cm³/mol. The first-order valence-corrected chi connectivity index (χ1v) is 39.2. The summed E-state index contributed by atoms with van der Waals surface area (Å²) in [5, 5.41) is 54.9. The number of unbranched alkanes of at least 4 members (excludes halogenated alkanes) is 56. The summed E-state index contributed by atoms with van der Waals surface area (Å²) in [6, 6.07) is -0.804. The highest BCUT2D eigenvalue weighted by molar-refractivity contribution is 5.76. The molecule has 0 radical (unpaired) electrons. The molecule has 9 heteroatoms. The molecule has 9 nitrogen and oxygen atoms in total. The maximum absolute atomic E-state index is 13.2. The smallest absolute Gasteiger partial charge is 0.220 e. The molecule has 1 saturated heterocycles. The monoisotopic (exact) mass is 1240 g/mol. The number of amides is 1. The molecule has 6 N–H and O–H groups in total. The first kappa shape index (κ1) is 84.4. The van der Waals surface area contributed by atoms with Crippen LogP contribution in [0, 0.1) is 0 Å². The lowest BCUT2D eigenvalue weighted by Crippen LogP contribution is -2.60. The van der Waals surface area contributed by atoms with Crippen LogP contribution in [0.5, 0.6) is 0 Å². The number of hydrogen-bond donors (Lipinski definition) is 6. The zero-order valence-corrected chi connectivity index (χ0v) is 58.5. The maximum Gasteiger partial charge on any atom is 0.220 e. The second-order valence-corrected chi connectivity index (χ2v) is 27.5. The summed E-state index contributed by atoms with van der Waals surface area (Å²) < 4.78 is 11.3. The first-order valence-electron chi connectivity index (χ1n) is 39.2. The van der Waals surface area contributed by atoms with Gasteiger partial charge in [-0.05, 0) is 51.4 Å². The van der Waals surface area contributed by atoms with E-state index in [4.69, 9.17) is 9.47 Å². The van der Waals surface area contributed by atoms with Gasteiger partial charge in [0.2, 0.25) is 5.91 Å². The van der Waals surface area contributed by atoms with Gasteiger partial charge in [0.05, 0.1) is 25.4 Å². The van der Waals surface area contributed by atoms with E-state index < -0.39 is 49.5 Å². The number of nitrogens with one attached hydrogen (secondary N) is 1. The van der Waals surface area contributed by atoms with Gasteiger partial charge < -0.3 is 40.3 Å². The van der Waals surface area contributed by atoms with Crippen molar-refractivity contribution >= 4 is 5.91 Å². The third-order valence-corrected chi connectivity index (χ3v) is 19.0. The average Bonchev–Trinajstić information content (AvgIpc) is 3.31. The first-order chi connectivity index (χ1) is 43.3. The minimum atomic E-state index is -1.57. The van der Waals surface area contributed by atoms with E-state index in [1.54, 1.807) is 6.08 Å². The molecule has 7 unspecified atom stereocenters. The van der Waals surface area contributed by atoms with Crippen LogP contribution in [0.2, 0.25) is 0 Å². The van der Waals surface area contributed by atoms with Crippen molar-refractivity contribution in [2.75, 3.05) is 13.2 Å². The molecule has 520 valence electrons. The summed E-state index contributed by atoms with van der Waals surface area (Å²) in [4.78, 5) is 13.2. The van der Waals surface area contributed by atoms with Crippen molar-refractivity contribution < 1.29 is 39.8 Å². The summed E-state index contributed by atoms with van der Waals surface area (Å²) in [6.07, 6.45) is 85.8. The van der Waals surface area contributed by atoms with E-state index in [0.717, 1.165) is 44.9 Å². The number of allylic oxidation sites excluding steroid dienone is 5. The molecular weight excluding hydrogens is 1090 g/mol. The molecule has 1 amide bonds. The summed E-state index contributed by atoms with van der Waals surface area (Å²) in [5.41, 5.74) is 0. The van der Waals surface area contributed by atoms with Crippen molar-refractivity contribution in [2.45, 2.75) is 448 Å². The Morgan fingerprint density at radius 3 is 0.977 bits per heavy atom. The number of aliphatic hydroxyl groups excluding tert-OH is 5. The largest absolute Gasteiger partial charge is 0.394 e. The van der Waals surface area contributed by atoms with Gasteiger partial charge in [0.15, 0.2) is 6.29 Å². The third kappa shape index (κ3) is 56.0. The van der Waals surface area contributed by atoms with Gasteiger partial charge in [0.1, 0.15) is 24.4 Å². The highest BCUT2D eigenvalue weighted by atomic mass is 16.7. The van der Waals surface area contributed by atoms with Crippen molar-refractivity contribution in [3.8, 4) is 0 Å². The van der Waals surface area contributed by atoms with Crippen molar-refractivity contribution in [1.82, 2.24) is 5.32 Å². The highest BCUT2D eigenvalue weighted by Crippen LogP contribution is 2.24. The molecule has 0 aromatic heterocycles. The Kier molecular flexibility index (Phi) is 65.5. The van der Waals surface area contributed by atoms with Crippen LogP contribution in [-0.2, 0) is 14.3 Å². The fourth-order valence-corrected chi connectivity index (χ4v) is 12.8. The van der Waals surface area contributed by atoms with E-state index >= 15 is 0 Å². The van der Waals surface area contributed by atoms with Crippen LogP contribution in [-0.4, -0.2) is 87.5 Å². The fourth-order valence-electron chi connectivity index (χ4n) is 12.8. The molecule has 0 aromatic rings. The summed E-state index contributed by atoms with van der Waals surface area (Å²) in [6.45, 7) is 3.83. The highest BCUT2D eigenvalue weighted by Gasteiger charge is 2.44. The third-order valence-electron chi connectivity index (χ3n) is 19.0. The van der Waals surface area contributed by atoms with Gasteiger partial charge in [-0.1, -0.05) is 384 Å². The zero-order chi connectivity index (χ0) is 63.5. The van der Waals surface area contributed by atoms with Crippen LogP contribution in [0.15, 0.2) is 36.5 Å². The molecular formula is C79H151NO8. The number of hydrogen-bond acceptors (Lipinski definition) is 8. The van der Waals surface area contributed by atoms with Gasteiger partial charge in [0.25, 0.3) is 0 Å². The van der Waals surface area contributed by atoms with Crippen LogP contribution in [0.25, 0.3) is 0 Å². The quantitative estimate of drug-likeness (QED) is 0.0261. The summed E-state index contributed by atoms with van der Waals surface area (Å²) in [7, 11) is 0. The number of aliphatic hydroxyl groups is 5. The summed E-state index contributed by atoms with van der Waals surface area (Å²) in [5.74, 6) is -0.167. The van der Waals surface area contributed by atoms with Gasteiger partial charge >= 0.3 is 0 Å². The predicted octanol–water partition coefficient (Wildman–Crippen LogP) is 22.2. The Hall–Kier alpha value is -1.59. The molecule has 1 aliphatic rings. The Bertz CT molecular complexity index is 1490. The molecule has 0 aliphatic carbocycles. The molecule has 88 heavy (non-hydrogen) atoms. The lowest BCUT2D eigenvalue weighted by Gasteiger charge is -2.40. The molecule has 1 fully saturated rings. The maximum atomic E-state index is 13.2. The van der Waals surface area contributed by atoms with E-state index in [9.17, 15) is 30.3 Å². The van der Waals surface area contributed by atoms with Crippen LogP contribution >= 0.6 is 0 Å². The molecule has 1 aliphatic heterocycles. The van der Waals surface area contributed by atoms with Crippen molar-refractivity contribution in [2.24, 2.45) is 0 Å². The van der Waals surface area contributed by atoms with Gasteiger partial charge in [-0.25, -0.2) is 0 Å². The van der Waals surface area contributed by atoms with E-state index in [1.807, 2.05) is 6.08 Å². The van der Waals surface area contributed by atoms with E-state index in [0.29, 0.717) is 6.42 Å². The average molecular weight is 1240 g/mol. The number of carbonyl (C=O) groups excluding carboxylic acids is 1. The topological polar surface area (TPSA) is 149 Å². The van der Waals surface area contributed by atoms with Crippen molar-refractivity contribution in [3.05, 3.63) is 36.5 Å². The van der Waals surface area contributed by atoms with Crippen molar-refractivity contribution in [3.63, 3.8) is 0 Å². The minimum Gasteiger partial charge on any atom is -0.394 e. The Morgan fingerprint density at radius 1 is 0.386 bits per heavy atom. The summed E-state index contributed by atoms with van der Waals surface area (Å²) >= 11 is 0. The molecule has 1 rings (SSSR count). The van der Waals surface area contributed by atoms with E-state index in [-0.39, 0.29) is 12.5 Å². The van der Waals surface area contributed by atoms with E-state index in [2.05, 4.69) is 43.5 Å². The number of rotatable bonds is 70.